The first kappa shape index (κ1) is 35.3. The molecule has 0 amide bonds. The summed E-state index contributed by atoms with van der Waals surface area (Å²) in [5, 5.41) is 10.7. The quantitative estimate of drug-likeness (QED) is 0.166. The smallest absolute Gasteiger partial charge is 0.248 e. The molecule has 0 aliphatic rings. The summed E-state index contributed by atoms with van der Waals surface area (Å²) in [6.07, 6.45) is 0. The van der Waals surface area contributed by atoms with Crippen LogP contribution in [0.3, 0.4) is 0 Å². The van der Waals surface area contributed by atoms with Crippen LogP contribution in [0.4, 0.5) is 0 Å². The van der Waals surface area contributed by atoms with Gasteiger partial charge in [0.15, 0.2) is 0 Å². The molecule has 0 saturated carbocycles. The molecule has 268 valence electrons. The largest absolute Gasteiger partial charge is 0.416 e. The highest BCUT2D eigenvalue weighted by Gasteiger charge is 2.16. The Bertz CT molecular complexity index is 2610. The molecule has 5 heteroatoms. The summed E-state index contributed by atoms with van der Waals surface area (Å²) in [5.74, 6) is 1.07. The van der Waals surface area contributed by atoms with Crippen LogP contribution < -0.4 is 0 Å². The number of rotatable bonds is 5. The van der Waals surface area contributed by atoms with Gasteiger partial charge in [-0.3, -0.25) is 9.97 Å². The predicted octanol–water partition coefficient (Wildman–Crippen LogP) is 13.1. The van der Waals surface area contributed by atoms with Crippen LogP contribution in [0.2, 0.25) is 0 Å². The molecule has 0 fully saturated rings. The van der Waals surface area contributed by atoms with Gasteiger partial charge in [0.1, 0.15) is 0 Å². The fourth-order valence-corrected chi connectivity index (χ4v) is 6.95. The van der Waals surface area contributed by atoms with Crippen molar-refractivity contribution in [1.29, 1.82) is 0 Å². The van der Waals surface area contributed by atoms with Crippen molar-refractivity contribution < 1.29 is 4.42 Å². The Hall–Kier alpha value is -6.72. The van der Waals surface area contributed by atoms with Crippen LogP contribution in [0, 0.1) is 13.8 Å². The van der Waals surface area contributed by atoms with Gasteiger partial charge in [-0.25, -0.2) is 0 Å². The van der Waals surface area contributed by atoms with Crippen molar-refractivity contribution in [2.45, 2.75) is 40.0 Å². The third-order valence-electron chi connectivity index (χ3n) is 9.85. The third-order valence-corrected chi connectivity index (χ3v) is 9.85. The zero-order chi connectivity index (χ0) is 37.9. The summed E-state index contributed by atoms with van der Waals surface area (Å²) in [5.41, 5.74) is 14.4. The Kier molecular flexibility index (Phi) is 9.61. The lowest BCUT2D eigenvalue weighted by Crippen LogP contribution is -2.10. The second-order valence-electron chi connectivity index (χ2n) is 14.9. The van der Waals surface area contributed by atoms with Gasteiger partial charge >= 0.3 is 0 Å². The van der Waals surface area contributed by atoms with E-state index in [0.29, 0.717) is 11.8 Å². The van der Waals surface area contributed by atoms with E-state index in [1.807, 2.05) is 54.6 Å². The molecule has 3 heterocycles. The van der Waals surface area contributed by atoms with Crippen molar-refractivity contribution >= 4 is 21.8 Å². The lowest BCUT2D eigenvalue weighted by Gasteiger charge is -2.18. The third kappa shape index (κ3) is 7.55. The molecule has 3 aromatic heterocycles. The van der Waals surface area contributed by atoms with Gasteiger partial charge in [0.05, 0.1) is 11.0 Å². The number of benzene rings is 6. The van der Waals surface area contributed by atoms with E-state index in [0.717, 1.165) is 49.9 Å². The van der Waals surface area contributed by atoms with Crippen molar-refractivity contribution in [3.8, 4) is 56.3 Å². The molecule has 0 radical (unpaired) electrons. The van der Waals surface area contributed by atoms with E-state index < -0.39 is 0 Å². The van der Waals surface area contributed by atoms with Gasteiger partial charge in [-0.1, -0.05) is 148 Å². The van der Waals surface area contributed by atoms with Gasteiger partial charge in [0.25, 0.3) is 0 Å². The Morgan fingerprint density at radius 3 is 1.18 bits per heavy atom. The summed E-state index contributed by atoms with van der Waals surface area (Å²) in [6.45, 7) is 10.7. The Morgan fingerprint density at radius 2 is 0.764 bits per heavy atom. The molecule has 0 saturated heterocycles. The number of aryl methyl sites for hydroxylation is 2. The van der Waals surface area contributed by atoms with E-state index in [4.69, 9.17) is 14.4 Å². The van der Waals surface area contributed by atoms with Gasteiger partial charge in [0, 0.05) is 33.3 Å². The van der Waals surface area contributed by atoms with Crippen molar-refractivity contribution in [2.24, 2.45) is 0 Å². The van der Waals surface area contributed by atoms with Crippen LogP contribution in [0.1, 0.15) is 37.7 Å². The number of aromatic nitrogens is 4. The number of hydrogen-bond acceptors (Lipinski definition) is 5. The maximum atomic E-state index is 5.90. The summed E-state index contributed by atoms with van der Waals surface area (Å²) >= 11 is 0. The molecule has 9 aromatic rings. The Labute approximate surface area is 322 Å². The summed E-state index contributed by atoms with van der Waals surface area (Å²) < 4.78 is 5.90. The first-order valence-electron chi connectivity index (χ1n) is 18.6. The van der Waals surface area contributed by atoms with Gasteiger partial charge in [-0.2, -0.15) is 0 Å². The molecule has 55 heavy (non-hydrogen) atoms. The molecule has 5 nitrogen and oxygen atoms in total. The number of hydrogen-bond donors (Lipinski definition) is 0. The molecule has 0 N–H and O–H groups in total. The van der Waals surface area contributed by atoms with Gasteiger partial charge < -0.3 is 4.42 Å². The zero-order valence-corrected chi connectivity index (χ0v) is 31.8. The standard InChI is InChI=1S/C26H20N2.C24H22N2O/c1-17-15-23(19-9-5-3-6-10-19)21-13-14-22-24(20-11-7-4-8-12-20)16-18(2)28-26(22)25(21)27-17;1-24(2,3)21-15-13-20(14-16-21)23-26-25-22(27-23)19-11-9-18(10-12-19)17-7-5-4-6-8-17/h3-16H,1-2H3;4-16H,1-3H3. The van der Waals surface area contributed by atoms with Gasteiger partial charge in [0.2, 0.25) is 11.8 Å². The van der Waals surface area contributed by atoms with E-state index in [2.05, 4.69) is 154 Å². The Morgan fingerprint density at radius 1 is 0.400 bits per heavy atom. The monoisotopic (exact) mass is 714 g/mol. The SMILES string of the molecule is CC(C)(C)c1ccc(-c2nnc(-c3ccc(-c4ccccc4)cc3)o2)cc1.Cc1cc(-c2ccccc2)c2ccc3c(-c4ccccc4)cc(C)nc3c2n1. The van der Waals surface area contributed by atoms with Crippen molar-refractivity contribution in [1.82, 2.24) is 20.2 Å². The molecule has 0 aliphatic carbocycles. The number of fused-ring (bicyclic) bond motifs is 3. The fraction of sp³-hybridized carbons (Fsp3) is 0.120. The normalized spacial score (nSPS) is 11.4. The number of pyridine rings is 2. The van der Waals surface area contributed by atoms with Crippen LogP contribution in [-0.2, 0) is 5.41 Å². The molecule has 0 atom stereocenters. The minimum Gasteiger partial charge on any atom is -0.416 e. The minimum absolute atomic E-state index is 0.124. The van der Waals surface area contributed by atoms with E-state index in [1.54, 1.807) is 0 Å². The first-order valence-corrected chi connectivity index (χ1v) is 18.6. The molecular formula is C50H42N4O. The second kappa shape index (κ2) is 15.0. The molecule has 0 bridgehead atoms. The number of nitrogens with zero attached hydrogens (tertiary/aromatic N) is 4. The highest BCUT2D eigenvalue weighted by Crippen LogP contribution is 2.36. The van der Waals surface area contributed by atoms with Crippen LogP contribution in [-0.4, -0.2) is 20.2 Å². The summed E-state index contributed by atoms with van der Waals surface area (Å²) in [7, 11) is 0. The van der Waals surface area contributed by atoms with Gasteiger partial charge in [-0.15, -0.1) is 10.2 Å². The zero-order valence-electron chi connectivity index (χ0n) is 31.8. The molecule has 6 aromatic carbocycles. The second-order valence-corrected chi connectivity index (χ2v) is 14.9. The van der Waals surface area contributed by atoms with Crippen LogP contribution >= 0.6 is 0 Å². The van der Waals surface area contributed by atoms with Crippen LogP contribution in [0.15, 0.2) is 168 Å². The van der Waals surface area contributed by atoms with Crippen molar-refractivity contribution in [2.75, 3.05) is 0 Å². The van der Waals surface area contributed by atoms with E-state index in [9.17, 15) is 0 Å². The molecule has 0 unspecified atom stereocenters. The topological polar surface area (TPSA) is 64.7 Å². The highest BCUT2D eigenvalue weighted by molar-refractivity contribution is 6.12. The van der Waals surface area contributed by atoms with Gasteiger partial charge in [-0.05, 0) is 94.6 Å². The van der Waals surface area contributed by atoms with E-state index in [1.165, 1.54) is 33.4 Å². The lowest BCUT2D eigenvalue weighted by molar-refractivity contribution is 0.582. The van der Waals surface area contributed by atoms with E-state index >= 15 is 0 Å². The molecule has 0 spiro atoms. The fourth-order valence-electron chi connectivity index (χ4n) is 6.95. The van der Waals surface area contributed by atoms with Crippen LogP contribution in [0.25, 0.3) is 78.1 Å². The van der Waals surface area contributed by atoms with Crippen molar-refractivity contribution in [3.63, 3.8) is 0 Å². The van der Waals surface area contributed by atoms with Crippen LogP contribution in [0.5, 0.6) is 0 Å². The van der Waals surface area contributed by atoms with E-state index in [-0.39, 0.29) is 5.41 Å². The predicted molar refractivity (Wildman–Crippen MR) is 227 cm³/mol. The highest BCUT2D eigenvalue weighted by atomic mass is 16.4. The lowest BCUT2D eigenvalue weighted by atomic mass is 9.87. The molecule has 9 rings (SSSR count). The van der Waals surface area contributed by atoms with Crippen molar-refractivity contribution in [3.05, 3.63) is 181 Å². The summed E-state index contributed by atoms with van der Waals surface area (Å²) in [4.78, 5) is 9.81. The molecule has 0 aliphatic heterocycles. The minimum atomic E-state index is 0.124. The Balaban J connectivity index is 0.000000155. The average Bonchev–Trinajstić information content (AvgIpc) is 3.72. The maximum absolute atomic E-state index is 5.90. The summed E-state index contributed by atoms with van der Waals surface area (Å²) in [6, 6.07) is 56.5. The molecular weight excluding hydrogens is 673 g/mol. The first-order chi connectivity index (χ1) is 26.7. The average molecular weight is 715 g/mol. The maximum Gasteiger partial charge on any atom is 0.248 e.